The molecule has 0 bridgehead atoms. The Morgan fingerprint density at radius 2 is 2.00 bits per heavy atom. The van der Waals surface area contributed by atoms with Crippen molar-refractivity contribution in [2.75, 3.05) is 7.11 Å². The van der Waals surface area contributed by atoms with Crippen molar-refractivity contribution in [1.29, 1.82) is 0 Å². The van der Waals surface area contributed by atoms with Gasteiger partial charge < -0.3 is 19.2 Å². The minimum atomic E-state index is -0.582. The molecule has 0 fully saturated rings. The van der Waals surface area contributed by atoms with Crippen molar-refractivity contribution >= 4 is 12.1 Å². The Morgan fingerprint density at radius 3 is 2.62 bits per heavy atom. The molecule has 0 aliphatic heterocycles. The van der Waals surface area contributed by atoms with Gasteiger partial charge in [-0.25, -0.2) is 14.6 Å². The van der Waals surface area contributed by atoms with E-state index in [0.29, 0.717) is 12.2 Å². The van der Waals surface area contributed by atoms with Crippen LogP contribution in [0, 0.1) is 6.92 Å². The number of benzene rings is 1. The lowest BCUT2D eigenvalue weighted by Gasteiger charge is -2.13. The predicted molar refractivity (Wildman–Crippen MR) is 85.4 cm³/mol. The van der Waals surface area contributed by atoms with Gasteiger partial charge in [0.2, 0.25) is 5.89 Å². The molecule has 1 aromatic heterocycles. The zero-order valence-corrected chi connectivity index (χ0v) is 13.9. The van der Waals surface area contributed by atoms with Crippen LogP contribution >= 0.6 is 0 Å². The number of aromatic nitrogens is 1. The maximum absolute atomic E-state index is 11.9. The molecule has 1 N–H and O–H groups in total. The van der Waals surface area contributed by atoms with Crippen molar-refractivity contribution in [3.05, 3.63) is 53.2 Å². The van der Waals surface area contributed by atoms with Gasteiger partial charge in [-0.3, -0.25) is 0 Å². The number of carbonyl (C=O) groups excluding carboxylic acids is 2. The second-order valence-electron chi connectivity index (χ2n) is 5.12. The van der Waals surface area contributed by atoms with Crippen LogP contribution in [-0.2, 0) is 16.1 Å². The largest absolute Gasteiger partial charge is 0.464 e. The van der Waals surface area contributed by atoms with Crippen LogP contribution in [0.3, 0.4) is 0 Å². The number of nitrogens with zero attached hydrogens (tertiary/aromatic N) is 1. The van der Waals surface area contributed by atoms with Crippen molar-refractivity contribution in [1.82, 2.24) is 10.3 Å². The summed E-state index contributed by atoms with van der Waals surface area (Å²) >= 11 is 0. The molecule has 0 saturated carbocycles. The molecular weight excluding hydrogens is 312 g/mol. The summed E-state index contributed by atoms with van der Waals surface area (Å²) in [6.07, 6.45) is -0.0535. The quantitative estimate of drug-likeness (QED) is 0.817. The Labute approximate surface area is 140 Å². The number of methoxy groups -OCH3 is 1. The third kappa shape index (κ3) is 4.34. The summed E-state index contributed by atoms with van der Waals surface area (Å²) in [5, 5.41) is 2.68. The van der Waals surface area contributed by atoms with Gasteiger partial charge in [-0.2, -0.15) is 0 Å². The van der Waals surface area contributed by atoms with Gasteiger partial charge in [0.25, 0.3) is 0 Å². The second-order valence-corrected chi connectivity index (χ2v) is 5.12. The van der Waals surface area contributed by atoms with Crippen molar-refractivity contribution in [2.45, 2.75) is 32.9 Å². The van der Waals surface area contributed by atoms with E-state index in [9.17, 15) is 9.59 Å². The van der Waals surface area contributed by atoms with Crippen molar-refractivity contribution in [2.24, 2.45) is 0 Å². The lowest BCUT2D eigenvalue weighted by molar-refractivity contribution is 0.0592. The molecule has 0 radical (unpaired) electrons. The van der Waals surface area contributed by atoms with Crippen LogP contribution in [0.5, 0.6) is 0 Å². The van der Waals surface area contributed by atoms with Gasteiger partial charge >= 0.3 is 12.1 Å². The molecule has 1 aromatic carbocycles. The van der Waals surface area contributed by atoms with E-state index in [1.807, 2.05) is 37.3 Å². The van der Waals surface area contributed by atoms with Crippen molar-refractivity contribution in [3.63, 3.8) is 0 Å². The molecule has 1 amide bonds. The van der Waals surface area contributed by atoms with E-state index in [0.717, 1.165) is 5.56 Å². The molecule has 1 atom stereocenters. The number of hydrogen-bond acceptors (Lipinski definition) is 6. The number of nitrogens with one attached hydrogen (secondary N) is 1. The number of hydrogen-bond donors (Lipinski definition) is 1. The zero-order chi connectivity index (χ0) is 17.5. The zero-order valence-electron chi connectivity index (χ0n) is 13.9. The highest BCUT2D eigenvalue weighted by atomic mass is 16.5. The SMILES string of the molecule is CC[C@H](NC(=O)OCc1ccccc1)c1nc(C(=O)OC)c(C)o1. The van der Waals surface area contributed by atoms with E-state index in [2.05, 4.69) is 15.0 Å². The summed E-state index contributed by atoms with van der Waals surface area (Å²) in [6.45, 7) is 3.64. The maximum atomic E-state index is 11.9. The van der Waals surface area contributed by atoms with Crippen molar-refractivity contribution in [3.8, 4) is 0 Å². The summed E-state index contributed by atoms with van der Waals surface area (Å²) in [5.74, 6) is 0.00539. The lowest BCUT2D eigenvalue weighted by Crippen LogP contribution is -2.29. The van der Waals surface area contributed by atoms with Gasteiger partial charge in [0.15, 0.2) is 5.69 Å². The molecule has 0 unspecified atom stereocenters. The Kier molecular flexibility index (Phi) is 5.95. The average molecular weight is 332 g/mol. The summed E-state index contributed by atoms with van der Waals surface area (Å²) in [6, 6.07) is 8.87. The molecule has 24 heavy (non-hydrogen) atoms. The van der Waals surface area contributed by atoms with Crippen LogP contribution in [0.15, 0.2) is 34.7 Å². The molecule has 0 aliphatic carbocycles. The van der Waals surface area contributed by atoms with E-state index in [1.165, 1.54) is 7.11 Å². The molecule has 2 aromatic rings. The minimum absolute atomic E-state index is 0.102. The number of amides is 1. The predicted octanol–water partition coefficient (Wildman–Crippen LogP) is 3.15. The topological polar surface area (TPSA) is 90.7 Å². The average Bonchev–Trinajstić information content (AvgIpc) is 2.99. The first-order valence-corrected chi connectivity index (χ1v) is 7.58. The van der Waals surface area contributed by atoms with Gasteiger partial charge in [-0.1, -0.05) is 37.3 Å². The highest BCUT2D eigenvalue weighted by molar-refractivity contribution is 5.88. The number of alkyl carbamates (subject to hydrolysis) is 1. The number of oxazole rings is 1. The highest BCUT2D eigenvalue weighted by Gasteiger charge is 2.24. The normalized spacial score (nSPS) is 11.6. The van der Waals surface area contributed by atoms with Crippen LogP contribution in [0.25, 0.3) is 0 Å². The van der Waals surface area contributed by atoms with Crippen LogP contribution < -0.4 is 5.32 Å². The Balaban J connectivity index is 1.98. The lowest BCUT2D eigenvalue weighted by atomic mass is 10.2. The molecule has 128 valence electrons. The Bertz CT molecular complexity index is 696. The highest BCUT2D eigenvalue weighted by Crippen LogP contribution is 2.20. The van der Waals surface area contributed by atoms with Gasteiger partial charge in [-0.15, -0.1) is 0 Å². The third-order valence-electron chi connectivity index (χ3n) is 3.40. The Morgan fingerprint density at radius 1 is 1.29 bits per heavy atom. The van der Waals surface area contributed by atoms with Gasteiger partial charge in [0, 0.05) is 0 Å². The summed E-state index contributed by atoms with van der Waals surface area (Å²) < 4.78 is 15.3. The smallest absolute Gasteiger partial charge is 0.408 e. The van der Waals surface area contributed by atoms with Gasteiger partial charge in [0.05, 0.1) is 7.11 Å². The van der Waals surface area contributed by atoms with Crippen molar-refractivity contribution < 1.29 is 23.5 Å². The van der Waals surface area contributed by atoms with Gasteiger partial charge in [-0.05, 0) is 18.9 Å². The second kappa shape index (κ2) is 8.14. The van der Waals surface area contributed by atoms with Crippen LogP contribution in [-0.4, -0.2) is 24.2 Å². The van der Waals surface area contributed by atoms with E-state index < -0.39 is 18.1 Å². The van der Waals surface area contributed by atoms with Gasteiger partial charge in [0.1, 0.15) is 18.4 Å². The Hall–Kier alpha value is -2.83. The number of aryl methyl sites for hydroxylation is 1. The summed E-state index contributed by atoms with van der Waals surface area (Å²) in [5.41, 5.74) is 0.992. The fourth-order valence-electron chi connectivity index (χ4n) is 2.10. The summed E-state index contributed by atoms with van der Waals surface area (Å²) in [7, 11) is 1.27. The van der Waals surface area contributed by atoms with E-state index in [1.54, 1.807) is 6.92 Å². The molecule has 0 spiro atoms. The molecule has 0 aliphatic rings. The minimum Gasteiger partial charge on any atom is -0.464 e. The molecule has 7 heteroatoms. The van der Waals surface area contributed by atoms with E-state index in [-0.39, 0.29) is 18.2 Å². The standard InChI is InChI=1S/C17H20N2O5/c1-4-13(15-19-14(11(2)24-15)16(20)22-3)18-17(21)23-10-12-8-6-5-7-9-12/h5-9,13H,4,10H2,1-3H3,(H,18,21)/t13-/m0/s1. The number of esters is 1. The third-order valence-corrected chi connectivity index (χ3v) is 3.40. The van der Waals surface area contributed by atoms with Crippen LogP contribution in [0.4, 0.5) is 4.79 Å². The van der Waals surface area contributed by atoms with Crippen LogP contribution in [0.2, 0.25) is 0 Å². The number of rotatable bonds is 6. The molecule has 1 heterocycles. The first kappa shape index (κ1) is 17.5. The fourth-order valence-corrected chi connectivity index (χ4v) is 2.10. The summed E-state index contributed by atoms with van der Waals surface area (Å²) in [4.78, 5) is 27.6. The monoisotopic (exact) mass is 332 g/mol. The maximum Gasteiger partial charge on any atom is 0.408 e. The van der Waals surface area contributed by atoms with E-state index in [4.69, 9.17) is 9.15 Å². The van der Waals surface area contributed by atoms with E-state index >= 15 is 0 Å². The first-order chi connectivity index (χ1) is 11.5. The molecule has 7 nitrogen and oxygen atoms in total. The number of ether oxygens (including phenoxy) is 2. The number of carbonyl (C=O) groups is 2. The molecule has 2 rings (SSSR count). The first-order valence-electron chi connectivity index (χ1n) is 7.58. The van der Waals surface area contributed by atoms with Crippen LogP contribution in [0.1, 0.15) is 47.1 Å². The molecular formula is C17H20N2O5. The fraction of sp³-hybridized carbons (Fsp3) is 0.353. The molecule has 0 saturated heterocycles.